The van der Waals surface area contributed by atoms with Gasteiger partial charge in [-0.15, -0.1) is 0 Å². The van der Waals surface area contributed by atoms with Crippen molar-refractivity contribution in [3.05, 3.63) is 66.8 Å². The smallest absolute Gasteiger partial charge is 0.219 e. The monoisotopic (exact) mass is 314 g/mol. The zero-order valence-electron chi connectivity index (χ0n) is 12.2. The second-order valence-corrected chi connectivity index (χ2v) is 5.69. The summed E-state index contributed by atoms with van der Waals surface area (Å²) in [5.41, 5.74) is 6.45. The van der Waals surface area contributed by atoms with Gasteiger partial charge in [-0.1, -0.05) is 48.6 Å². The highest BCUT2D eigenvalue weighted by Gasteiger charge is 2.10. The van der Waals surface area contributed by atoms with Crippen LogP contribution in [-0.4, -0.2) is 26.4 Å². The number of hydrogen-bond donors (Lipinski definition) is 2. The lowest BCUT2D eigenvalue weighted by atomic mass is 10.1. The van der Waals surface area contributed by atoms with Crippen LogP contribution in [-0.2, 0) is 10.3 Å². The van der Waals surface area contributed by atoms with Crippen molar-refractivity contribution >= 4 is 31.6 Å². The van der Waals surface area contributed by atoms with E-state index in [4.69, 9.17) is 5.73 Å². The first-order valence-corrected chi connectivity index (χ1v) is 7.92. The van der Waals surface area contributed by atoms with Crippen LogP contribution in [0.3, 0.4) is 0 Å². The molecule has 0 aliphatic heterocycles. The Morgan fingerprint density at radius 3 is 2.41 bits per heavy atom. The first-order valence-electron chi connectivity index (χ1n) is 6.84. The Hall–Kier alpha value is -2.37. The van der Waals surface area contributed by atoms with E-state index >= 15 is 0 Å². The second-order valence-electron chi connectivity index (χ2n) is 4.75. The van der Waals surface area contributed by atoms with E-state index in [2.05, 4.69) is 17.4 Å². The van der Waals surface area contributed by atoms with Crippen molar-refractivity contribution in [1.82, 2.24) is 5.32 Å². The molecule has 3 N–H and O–H groups in total. The fourth-order valence-electron chi connectivity index (χ4n) is 2.13. The van der Waals surface area contributed by atoms with Crippen molar-refractivity contribution in [3.63, 3.8) is 0 Å². The molecule has 4 nitrogen and oxygen atoms in total. The molecule has 3 rings (SSSR count). The summed E-state index contributed by atoms with van der Waals surface area (Å²) in [6.45, 7) is 0. The highest BCUT2D eigenvalue weighted by Crippen LogP contribution is 2.15. The van der Waals surface area contributed by atoms with E-state index < -0.39 is 10.3 Å². The largest absolute Gasteiger partial charge is 0.399 e. The van der Waals surface area contributed by atoms with Gasteiger partial charge in [0, 0.05) is 5.69 Å². The second kappa shape index (κ2) is 7.59. The third-order valence-electron chi connectivity index (χ3n) is 3.26. The van der Waals surface area contributed by atoms with Gasteiger partial charge in [0.1, 0.15) is 0 Å². The van der Waals surface area contributed by atoms with Crippen LogP contribution in [0.1, 0.15) is 0 Å². The van der Waals surface area contributed by atoms with Gasteiger partial charge < -0.3 is 11.1 Å². The maximum absolute atomic E-state index is 10.6. The summed E-state index contributed by atoms with van der Waals surface area (Å²) in [6.07, 6.45) is 6.91. The minimum absolute atomic E-state index is 0.168. The van der Waals surface area contributed by atoms with Gasteiger partial charge in [0.05, 0.1) is 10.9 Å². The van der Waals surface area contributed by atoms with E-state index in [1.165, 1.54) is 10.8 Å². The highest BCUT2D eigenvalue weighted by atomic mass is 32.2. The van der Waals surface area contributed by atoms with Crippen LogP contribution in [0, 0.1) is 0 Å². The van der Waals surface area contributed by atoms with Gasteiger partial charge in [-0.3, -0.25) is 0 Å². The molecule has 5 heteroatoms. The van der Waals surface area contributed by atoms with Gasteiger partial charge in [0.2, 0.25) is 10.3 Å². The van der Waals surface area contributed by atoms with E-state index in [9.17, 15) is 8.42 Å². The third kappa shape index (κ3) is 4.07. The molecule has 0 aromatic heterocycles. The van der Waals surface area contributed by atoms with E-state index in [-0.39, 0.29) is 6.04 Å². The zero-order valence-corrected chi connectivity index (χ0v) is 13.0. The number of nitrogen functional groups attached to an aromatic ring is 1. The van der Waals surface area contributed by atoms with E-state index in [1.54, 1.807) is 25.3 Å². The van der Waals surface area contributed by atoms with Crippen molar-refractivity contribution in [1.29, 1.82) is 0 Å². The van der Waals surface area contributed by atoms with Crippen molar-refractivity contribution in [2.24, 2.45) is 0 Å². The molecule has 114 valence electrons. The Morgan fingerprint density at radius 1 is 1.05 bits per heavy atom. The molecule has 0 radical (unpaired) electrons. The molecule has 1 aliphatic rings. The average Bonchev–Trinajstić information content (AvgIpc) is 2.55. The standard InChI is InChI=1S/C10H9N.C7H9NO2S/c11-10-6-5-8-3-1-2-4-9(8)7-10;1-8-6-4-2-3-5-7(6)11(9)10/h1-7H,11H2;2-6,8H,1H3. The van der Waals surface area contributed by atoms with Crippen molar-refractivity contribution in [2.75, 3.05) is 12.8 Å². The lowest BCUT2D eigenvalue weighted by molar-refractivity contribution is 0.626. The molecule has 2 aromatic rings. The quantitative estimate of drug-likeness (QED) is 0.625. The van der Waals surface area contributed by atoms with Crippen molar-refractivity contribution in [3.8, 4) is 0 Å². The molecule has 22 heavy (non-hydrogen) atoms. The van der Waals surface area contributed by atoms with E-state index in [0.717, 1.165) is 5.69 Å². The van der Waals surface area contributed by atoms with Gasteiger partial charge in [-0.2, -0.15) is 8.42 Å². The number of likely N-dealkylation sites (N-methyl/N-ethyl adjacent to an activating group) is 1. The summed E-state index contributed by atoms with van der Waals surface area (Å²) in [5.74, 6) is 0. The molecular weight excluding hydrogens is 296 g/mol. The molecule has 0 amide bonds. The van der Waals surface area contributed by atoms with Crippen molar-refractivity contribution in [2.45, 2.75) is 6.04 Å². The Balaban J connectivity index is 0.000000160. The normalized spacial score (nSPS) is 16.2. The molecule has 1 unspecified atom stereocenters. The number of allylic oxidation sites excluding steroid dienone is 2. The summed E-state index contributed by atoms with van der Waals surface area (Å²) in [5, 5.41) is 5.31. The number of nitrogens with two attached hydrogens (primary N) is 1. The maximum Gasteiger partial charge on any atom is 0.219 e. The van der Waals surface area contributed by atoms with Gasteiger partial charge in [0.25, 0.3) is 0 Å². The lowest BCUT2D eigenvalue weighted by Gasteiger charge is -2.10. The topological polar surface area (TPSA) is 72.2 Å². The molecule has 0 spiro atoms. The molecule has 0 bridgehead atoms. The summed E-state index contributed by atoms with van der Waals surface area (Å²) < 4.78 is 21.1. The molecule has 2 aromatic carbocycles. The van der Waals surface area contributed by atoms with E-state index in [0.29, 0.717) is 4.86 Å². The van der Waals surface area contributed by atoms with Crippen LogP contribution in [0.15, 0.2) is 66.8 Å². The molecular formula is C17H18N2O2S. The summed E-state index contributed by atoms with van der Waals surface area (Å²) in [4.78, 5) is 0.384. The number of hydrogen-bond acceptors (Lipinski definition) is 4. The Labute approximate surface area is 131 Å². The average molecular weight is 314 g/mol. The van der Waals surface area contributed by atoms with Gasteiger partial charge in [-0.25, -0.2) is 0 Å². The van der Waals surface area contributed by atoms with Crippen LogP contribution < -0.4 is 11.1 Å². The molecule has 1 aliphatic carbocycles. The molecule has 0 saturated carbocycles. The summed E-state index contributed by atoms with van der Waals surface area (Å²) in [7, 11) is -0.393. The summed E-state index contributed by atoms with van der Waals surface area (Å²) in [6, 6.07) is 13.9. The number of anilines is 1. The fraction of sp³-hybridized carbons (Fsp3) is 0.118. The predicted molar refractivity (Wildman–Crippen MR) is 93.4 cm³/mol. The third-order valence-corrected chi connectivity index (χ3v) is 4.03. The summed E-state index contributed by atoms with van der Waals surface area (Å²) >= 11 is 0. The number of rotatable bonds is 1. The Morgan fingerprint density at radius 2 is 1.77 bits per heavy atom. The predicted octanol–water partition coefficient (Wildman–Crippen LogP) is 2.17. The Kier molecular flexibility index (Phi) is 5.52. The van der Waals surface area contributed by atoms with Crippen molar-refractivity contribution < 1.29 is 8.42 Å². The van der Waals surface area contributed by atoms with Crippen LogP contribution >= 0.6 is 0 Å². The number of benzene rings is 2. The van der Waals surface area contributed by atoms with Crippen LogP contribution in [0.25, 0.3) is 10.8 Å². The lowest BCUT2D eigenvalue weighted by Crippen LogP contribution is -2.32. The minimum atomic E-state index is -2.12. The first-order chi connectivity index (χ1) is 10.6. The number of nitrogens with one attached hydrogen (secondary N) is 1. The molecule has 0 heterocycles. The van der Waals surface area contributed by atoms with Crippen LogP contribution in [0.4, 0.5) is 5.69 Å². The SMILES string of the molecule is CNC1C=CC=CC1=S(=O)=O.Nc1ccc2ccccc2c1. The Bertz CT molecular complexity index is 844. The van der Waals surface area contributed by atoms with Crippen LogP contribution in [0.2, 0.25) is 0 Å². The van der Waals surface area contributed by atoms with Gasteiger partial charge in [0.15, 0.2) is 0 Å². The highest BCUT2D eigenvalue weighted by molar-refractivity contribution is 7.73. The molecule has 0 saturated heterocycles. The van der Waals surface area contributed by atoms with E-state index in [1.807, 2.05) is 36.4 Å². The minimum Gasteiger partial charge on any atom is -0.399 e. The molecule has 0 fully saturated rings. The first kappa shape index (κ1) is 16.0. The molecule has 1 atom stereocenters. The van der Waals surface area contributed by atoms with Crippen LogP contribution in [0.5, 0.6) is 0 Å². The maximum atomic E-state index is 10.6. The number of fused-ring (bicyclic) bond motifs is 1. The van der Waals surface area contributed by atoms with Gasteiger partial charge >= 0.3 is 0 Å². The fourth-order valence-corrected chi connectivity index (χ4v) is 2.72. The van der Waals surface area contributed by atoms with Gasteiger partial charge in [-0.05, 0) is 36.0 Å². The zero-order chi connectivity index (χ0) is 15.9.